The molecule has 1 atom stereocenters. The van der Waals surface area contributed by atoms with Crippen molar-refractivity contribution in [3.8, 4) is 0 Å². The quantitative estimate of drug-likeness (QED) is 0.835. The summed E-state index contributed by atoms with van der Waals surface area (Å²) in [5, 5.41) is 11.7. The molecule has 2 amide bonds. The van der Waals surface area contributed by atoms with E-state index in [9.17, 15) is 9.59 Å². The summed E-state index contributed by atoms with van der Waals surface area (Å²) in [7, 11) is 1.74. The molecule has 1 rings (SSSR count). The Morgan fingerprint density at radius 2 is 2.14 bits per heavy atom. The Hall–Kier alpha value is -1.40. The van der Waals surface area contributed by atoms with E-state index in [1.807, 2.05) is 13.2 Å². The summed E-state index contributed by atoms with van der Waals surface area (Å²) in [6.45, 7) is 2.03. The fraction of sp³-hybridized carbons (Fsp3) is 0.429. The Kier molecular flexibility index (Phi) is 6.84. The fourth-order valence-corrected chi connectivity index (χ4v) is 2.95. The number of thioether (sulfide) groups is 1. The lowest BCUT2D eigenvalue weighted by Gasteiger charge is -2.27. The molecule has 1 aromatic rings. The zero-order valence-corrected chi connectivity index (χ0v) is 13.8. The van der Waals surface area contributed by atoms with Crippen molar-refractivity contribution >= 4 is 41.1 Å². The van der Waals surface area contributed by atoms with Gasteiger partial charge in [-0.15, -0.1) is 0 Å². The van der Waals surface area contributed by atoms with E-state index in [4.69, 9.17) is 16.7 Å². The number of carboxylic acids is 1. The molecule has 0 saturated heterocycles. The molecule has 0 bridgehead atoms. The average Bonchev–Trinajstić information content (AvgIpc) is 2.43. The van der Waals surface area contributed by atoms with Gasteiger partial charge in [0, 0.05) is 24.5 Å². The smallest absolute Gasteiger partial charge is 0.337 e. The first-order valence-electron chi connectivity index (χ1n) is 6.46. The van der Waals surface area contributed by atoms with Crippen molar-refractivity contribution in [2.24, 2.45) is 0 Å². The number of carbonyl (C=O) groups is 2. The number of nitrogens with one attached hydrogen (secondary N) is 1. The second-order valence-electron chi connectivity index (χ2n) is 4.56. The first kappa shape index (κ1) is 17.7. The lowest BCUT2D eigenvalue weighted by molar-refractivity contribution is 0.0697. The van der Waals surface area contributed by atoms with Crippen LogP contribution in [-0.2, 0) is 0 Å². The van der Waals surface area contributed by atoms with Crippen molar-refractivity contribution in [2.75, 3.05) is 24.4 Å². The molecule has 7 heteroatoms. The maximum absolute atomic E-state index is 12.2. The van der Waals surface area contributed by atoms with Gasteiger partial charge < -0.3 is 15.3 Å². The van der Waals surface area contributed by atoms with Gasteiger partial charge in [0.2, 0.25) is 0 Å². The zero-order valence-electron chi connectivity index (χ0n) is 12.2. The number of carbonyl (C=O) groups excluding carboxylic acids is 1. The summed E-state index contributed by atoms with van der Waals surface area (Å²) in [6, 6.07) is 4.24. The highest BCUT2D eigenvalue weighted by Gasteiger charge is 2.18. The van der Waals surface area contributed by atoms with E-state index >= 15 is 0 Å². The highest BCUT2D eigenvalue weighted by Crippen LogP contribution is 2.21. The summed E-state index contributed by atoms with van der Waals surface area (Å²) >= 11 is 7.56. The van der Waals surface area contributed by atoms with Crippen LogP contribution in [0.5, 0.6) is 0 Å². The minimum Gasteiger partial charge on any atom is -0.478 e. The molecule has 0 spiro atoms. The molecule has 1 unspecified atom stereocenters. The summed E-state index contributed by atoms with van der Waals surface area (Å²) in [5.74, 6) is -0.236. The van der Waals surface area contributed by atoms with Gasteiger partial charge in [-0.2, -0.15) is 11.8 Å². The van der Waals surface area contributed by atoms with E-state index in [1.165, 1.54) is 18.2 Å². The number of benzene rings is 1. The number of urea groups is 1. The monoisotopic (exact) mass is 330 g/mol. The normalized spacial score (nSPS) is 11.8. The Balaban J connectivity index is 2.78. The van der Waals surface area contributed by atoms with Gasteiger partial charge in [-0.3, -0.25) is 0 Å². The van der Waals surface area contributed by atoms with Crippen LogP contribution in [0.4, 0.5) is 10.5 Å². The number of hydrogen-bond acceptors (Lipinski definition) is 3. The van der Waals surface area contributed by atoms with Gasteiger partial charge in [0.25, 0.3) is 0 Å². The minimum atomic E-state index is -1.10. The van der Waals surface area contributed by atoms with Gasteiger partial charge in [0.15, 0.2) is 0 Å². The largest absolute Gasteiger partial charge is 0.478 e. The summed E-state index contributed by atoms with van der Waals surface area (Å²) in [6.07, 6.45) is 2.86. The van der Waals surface area contributed by atoms with Gasteiger partial charge in [-0.05, 0) is 30.9 Å². The van der Waals surface area contributed by atoms with Crippen LogP contribution in [0, 0.1) is 0 Å². The van der Waals surface area contributed by atoms with Crippen LogP contribution in [0.25, 0.3) is 0 Å². The molecular formula is C14H19ClN2O3S. The van der Waals surface area contributed by atoms with Crippen molar-refractivity contribution in [3.05, 3.63) is 28.8 Å². The third-order valence-electron chi connectivity index (χ3n) is 3.15. The third kappa shape index (κ3) is 4.82. The van der Waals surface area contributed by atoms with Crippen LogP contribution >= 0.6 is 23.4 Å². The molecule has 0 aliphatic rings. The van der Waals surface area contributed by atoms with Gasteiger partial charge >= 0.3 is 12.0 Å². The molecule has 5 nitrogen and oxygen atoms in total. The SMILES string of the molecule is CCC(CSC)N(C)C(=O)Nc1ccc(C(=O)O)c(Cl)c1. The maximum Gasteiger partial charge on any atom is 0.337 e. The molecule has 0 radical (unpaired) electrons. The van der Waals surface area contributed by atoms with Crippen LogP contribution in [-0.4, -0.2) is 47.1 Å². The number of anilines is 1. The molecule has 21 heavy (non-hydrogen) atoms. The van der Waals surface area contributed by atoms with E-state index in [1.54, 1.807) is 23.7 Å². The molecule has 0 aliphatic heterocycles. The van der Waals surface area contributed by atoms with Crippen molar-refractivity contribution in [1.29, 1.82) is 0 Å². The van der Waals surface area contributed by atoms with E-state index in [-0.39, 0.29) is 22.7 Å². The second kappa shape index (κ2) is 8.14. The van der Waals surface area contributed by atoms with Gasteiger partial charge in [0.1, 0.15) is 0 Å². The third-order valence-corrected chi connectivity index (χ3v) is 4.18. The van der Waals surface area contributed by atoms with Crippen LogP contribution in [0.3, 0.4) is 0 Å². The number of hydrogen-bond donors (Lipinski definition) is 2. The van der Waals surface area contributed by atoms with E-state index < -0.39 is 5.97 Å². The van der Waals surface area contributed by atoms with Gasteiger partial charge in [0.05, 0.1) is 10.6 Å². The fourth-order valence-electron chi connectivity index (χ4n) is 1.84. The average molecular weight is 331 g/mol. The summed E-state index contributed by atoms with van der Waals surface area (Å²) in [5.41, 5.74) is 0.484. The second-order valence-corrected chi connectivity index (χ2v) is 5.88. The maximum atomic E-state index is 12.2. The molecule has 0 aromatic heterocycles. The first-order valence-corrected chi connectivity index (χ1v) is 8.23. The van der Waals surface area contributed by atoms with Crippen LogP contribution < -0.4 is 5.32 Å². The van der Waals surface area contributed by atoms with Crippen molar-refractivity contribution < 1.29 is 14.7 Å². The van der Waals surface area contributed by atoms with Crippen LogP contribution in [0.2, 0.25) is 5.02 Å². The number of aromatic carboxylic acids is 1. The Bertz CT molecular complexity index is 525. The standard InChI is InChI=1S/C14H19ClN2O3S/c1-4-10(8-21-3)17(2)14(20)16-9-5-6-11(13(18)19)12(15)7-9/h5-7,10H,4,8H2,1-3H3,(H,16,20)(H,18,19). The molecule has 0 heterocycles. The van der Waals surface area contributed by atoms with Crippen molar-refractivity contribution in [3.63, 3.8) is 0 Å². The number of amides is 2. The Morgan fingerprint density at radius 3 is 2.62 bits per heavy atom. The van der Waals surface area contributed by atoms with E-state index in [0.29, 0.717) is 5.69 Å². The lowest BCUT2D eigenvalue weighted by Crippen LogP contribution is -2.41. The first-order chi connectivity index (χ1) is 9.90. The molecule has 0 saturated carbocycles. The molecule has 2 N–H and O–H groups in total. The number of carboxylic acid groups (broad SMARTS) is 1. The van der Waals surface area contributed by atoms with E-state index in [2.05, 4.69) is 5.32 Å². The summed E-state index contributed by atoms with van der Waals surface area (Å²) < 4.78 is 0. The van der Waals surface area contributed by atoms with Gasteiger partial charge in [-0.25, -0.2) is 9.59 Å². The van der Waals surface area contributed by atoms with Gasteiger partial charge in [-0.1, -0.05) is 18.5 Å². The number of nitrogens with zero attached hydrogens (tertiary/aromatic N) is 1. The molecule has 0 fully saturated rings. The predicted octanol–water partition coefficient (Wildman–Crippen LogP) is 3.64. The minimum absolute atomic E-state index is 0.0110. The topological polar surface area (TPSA) is 69.6 Å². The molecule has 1 aromatic carbocycles. The molecule has 0 aliphatic carbocycles. The van der Waals surface area contributed by atoms with Crippen LogP contribution in [0.1, 0.15) is 23.7 Å². The highest BCUT2D eigenvalue weighted by atomic mass is 35.5. The highest BCUT2D eigenvalue weighted by molar-refractivity contribution is 7.98. The number of halogens is 1. The summed E-state index contributed by atoms with van der Waals surface area (Å²) in [4.78, 5) is 24.7. The molecule has 116 valence electrons. The molecular weight excluding hydrogens is 312 g/mol. The Labute approximate surface area is 133 Å². The number of rotatable bonds is 6. The zero-order chi connectivity index (χ0) is 16.0. The van der Waals surface area contributed by atoms with Crippen LogP contribution in [0.15, 0.2) is 18.2 Å². The van der Waals surface area contributed by atoms with Crippen molar-refractivity contribution in [1.82, 2.24) is 4.90 Å². The Morgan fingerprint density at radius 1 is 1.48 bits per heavy atom. The lowest BCUT2D eigenvalue weighted by atomic mass is 10.2. The van der Waals surface area contributed by atoms with Crippen molar-refractivity contribution in [2.45, 2.75) is 19.4 Å². The predicted molar refractivity (Wildman–Crippen MR) is 87.7 cm³/mol. The van der Waals surface area contributed by atoms with E-state index in [0.717, 1.165) is 12.2 Å².